The van der Waals surface area contributed by atoms with Crippen molar-refractivity contribution in [2.75, 3.05) is 6.54 Å². The molecule has 1 N–H and O–H groups in total. The number of piperidine rings is 1. The number of hydrogen-bond acceptors (Lipinski definition) is 4. The van der Waals surface area contributed by atoms with Gasteiger partial charge in [0.25, 0.3) is 0 Å². The van der Waals surface area contributed by atoms with Gasteiger partial charge in [0.05, 0.1) is 18.7 Å². The van der Waals surface area contributed by atoms with Crippen LogP contribution in [0.2, 0.25) is 0 Å². The maximum Gasteiger partial charge on any atom is 0.229 e. The van der Waals surface area contributed by atoms with Gasteiger partial charge >= 0.3 is 0 Å². The van der Waals surface area contributed by atoms with Gasteiger partial charge < -0.3 is 4.90 Å². The minimum Gasteiger partial charge on any atom is -0.335 e. The summed E-state index contributed by atoms with van der Waals surface area (Å²) in [4.78, 5) is 20.0. The molecule has 0 bridgehead atoms. The summed E-state index contributed by atoms with van der Waals surface area (Å²) < 4.78 is 2.00. The normalized spacial score (nSPS) is 18.9. The third kappa shape index (κ3) is 2.31. The fourth-order valence-electron chi connectivity index (χ4n) is 3.18. The van der Waals surface area contributed by atoms with Crippen LogP contribution in [0.4, 0.5) is 0 Å². The molecule has 0 aromatic carbocycles. The molecule has 1 aliphatic rings. The number of fused-ring (bicyclic) bond motifs is 1. The van der Waals surface area contributed by atoms with Crippen molar-refractivity contribution < 1.29 is 4.79 Å². The van der Waals surface area contributed by atoms with E-state index in [1.54, 1.807) is 17.5 Å². The Bertz CT molecular complexity index is 775. The molecule has 6 nitrogen and oxygen atoms in total. The van der Waals surface area contributed by atoms with E-state index in [1.807, 2.05) is 33.3 Å². The molecule has 114 valence electrons. The summed E-state index contributed by atoms with van der Waals surface area (Å²) in [6, 6.07) is 0.150. The summed E-state index contributed by atoms with van der Waals surface area (Å²) in [7, 11) is 0. The molecule has 3 aromatic rings. The second-order valence-corrected chi connectivity index (χ2v) is 6.45. The van der Waals surface area contributed by atoms with Gasteiger partial charge in [0.2, 0.25) is 5.91 Å². The summed E-state index contributed by atoms with van der Waals surface area (Å²) >= 11 is 1.57. The van der Waals surface area contributed by atoms with Crippen molar-refractivity contribution in [2.24, 2.45) is 0 Å². The van der Waals surface area contributed by atoms with E-state index in [0.717, 1.165) is 42.0 Å². The summed E-state index contributed by atoms with van der Waals surface area (Å²) in [5.74, 6) is 0.180. The first-order valence-electron chi connectivity index (χ1n) is 7.50. The van der Waals surface area contributed by atoms with Crippen LogP contribution in [-0.4, -0.2) is 36.9 Å². The Hall–Kier alpha value is -2.15. The first-order chi connectivity index (χ1) is 10.8. The summed E-state index contributed by atoms with van der Waals surface area (Å²) in [6.45, 7) is 0.825. The molecule has 0 aliphatic carbocycles. The number of likely N-dealkylation sites (tertiary alicyclic amines) is 1. The topological polar surface area (TPSA) is 66.3 Å². The monoisotopic (exact) mass is 315 g/mol. The van der Waals surface area contributed by atoms with Gasteiger partial charge in [0.1, 0.15) is 0 Å². The number of H-pyrrole nitrogens is 1. The van der Waals surface area contributed by atoms with Gasteiger partial charge in [-0.1, -0.05) is 0 Å². The predicted molar refractivity (Wildman–Crippen MR) is 83.7 cm³/mol. The van der Waals surface area contributed by atoms with E-state index in [2.05, 4.69) is 15.2 Å². The average molecular weight is 315 g/mol. The zero-order valence-electron chi connectivity index (χ0n) is 12.1. The Morgan fingerprint density at radius 3 is 3.27 bits per heavy atom. The Morgan fingerprint density at radius 1 is 1.45 bits per heavy atom. The minimum atomic E-state index is 0.150. The number of nitrogens with one attached hydrogen (secondary N) is 1. The smallest absolute Gasteiger partial charge is 0.229 e. The van der Waals surface area contributed by atoms with Crippen LogP contribution in [0.25, 0.3) is 4.96 Å². The van der Waals surface area contributed by atoms with Crippen molar-refractivity contribution in [3.05, 3.63) is 41.4 Å². The fraction of sp³-hybridized carbons (Fsp3) is 0.400. The van der Waals surface area contributed by atoms with Gasteiger partial charge in [0, 0.05) is 41.8 Å². The third-order valence-electron chi connectivity index (χ3n) is 4.28. The van der Waals surface area contributed by atoms with Gasteiger partial charge in [0.15, 0.2) is 4.96 Å². The number of imidazole rings is 1. The second kappa shape index (κ2) is 5.57. The van der Waals surface area contributed by atoms with Gasteiger partial charge in [-0.05, 0) is 19.3 Å². The number of amides is 1. The van der Waals surface area contributed by atoms with Crippen LogP contribution >= 0.6 is 11.3 Å². The van der Waals surface area contributed by atoms with E-state index in [9.17, 15) is 4.79 Å². The number of thiazole rings is 1. The number of nitrogens with zero attached hydrogens (tertiary/aromatic N) is 4. The molecular formula is C15H17N5OS. The van der Waals surface area contributed by atoms with E-state index in [4.69, 9.17) is 0 Å². The lowest BCUT2D eigenvalue weighted by molar-refractivity contribution is -0.134. The van der Waals surface area contributed by atoms with E-state index >= 15 is 0 Å². The molecule has 4 heterocycles. The SMILES string of the molecule is O=C(Cc1csc2nccn12)N1CCCC[C@@H]1c1cn[nH]c1. The van der Waals surface area contributed by atoms with Crippen LogP contribution < -0.4 is 0 Å². The lowest BCUT2D eigenvalue weighted by Crippen LogP contribution is -2.39. The molecule has 1 aliphatic heterocycles. The quantitative estimate of drug-likeness (QED) is 0.807. The largest absolute Gasteiger partial charge is 0.335 e. The maximum atomic E-state index is 12.8. The molecule has 1 atom stereocenters. The van der Waals surface area contributed by atoms with Crippen LogP contribution in [0.5, 0.6) is 0 Å². The average Bonchev–Trinajstić information content (AvgIpc) is 3.26. The number of carbonyl (C=O) groups excluding carboxylic acids is 1. The molecule has 22 heavy (non-hydrogen) atoms. The highest BCUT2D eigenvalue weighted by atomic mass is 32.1. The van der Waals surface area contributed by atoms with Crippen molar-refractivity contribution in [3.63, 3.8) is 0 Å². The van der Waals surface area contributed by atoms with Crippen LogP contribution in [0, 0.1) is 0 Å². The van der Waals surface area contributed by atoms with E-state index in [1.165, 1.54) is 0 Å². The number of aromatic amines is 1. The Kier molecular flexibility index (Phi) is 3.42. The summed E-state index contributed by atoms with van der Waals surface area (Å²) in [5.41, 5.74) is 2.12. The van der Waals surface area contributed by atoms with Crippen LogP contribution in [0.3, 0.4) is 0 Å². The lowest BCUT2D eigenvalue weighted by Gasteiger charge is -2.35. The number of aromatic nitrogens is 4. The van der Waals surface area contributed by atoms with Crippen molar-refractivity contribution in [1.82, 2.24) is 24.5 Å². The zero-order valence-corrected chi connectivity index (χ0v) is 12.9. The number of rotatable bonds is 3. The predicted octanol–water partition coefficient (Wildman–Crippen LogP) is 2.42. The molecule has 0 saturated carbocycles. The lowest BCUT2D eigenvalue weighted by atomic mass is 9.97. The van der Waals surface area contributed by atoms with Crippen molar-refractivity contribution in [1.29, 1.82) is 0 Å². The number of carbonyl (C=O) groups is 1. The zero-order chi connectivity index (χ0) is 14.9. The van der Waals surface area contributed by atoms with Crippen LogP contribution in [0.15, 0.2) is 30.2 Å². The maximum absolute atomic E-state index is 12.8. The number of hydrogen-bond donors (Lipinski definition) is 1. The van der Waals surface area contributed by atoms with Crippen LogP contribution in [-0.2, 0) is 11.2 Å². The molecule has 0 radical (unpaired) electrons. The fourth-order valence-corrected chi connectivity index (χ4v) is 4.03. The first kappa shape index (κ1) is 13.5. The highest BCUT2D eigenvalue weighted by Gasteiger charge is 2.28. The Balaban J connectivity index is 1.56. The van der Waals surface area contributed by atoms with Crippen molar-refractivity contribution >= 4 is 22.2 Å². The Morgan fingerprint density at radius 2 is 2.41 bits per heavy atom. The molecular weight excluding hydrogens is 298 g/mol. The van der Waals surface area contributed by atoms with Gasteiger partial charge in [-0.3, -0.25) is 14.3 Å². The van der Waals surface area contributed by atoms with Gasteiger partial charge in [-0.15, -0.1) is 11.3 Å². The summed E-state index contributed by atoms with van der Waals surface area (Å²) in [6.07, 6.45) is 11.1. The third-order valence-corrected chi connectivity index (χ3v) is 5.18. The molecule has 0 unspecified atom stereocenters. The highest BCUT2D eigenvalue weighted by Crippen LogP contribution is 2.31. The van der Waals surface area contributed by atoms with E-state index < -0.39 is 0 Å². The molecule has 1 amide bonds. The second-order valence-electron chi connectivity index (χ2n) is 5.61. The molecule has 3 aromatic heterocycles. The van der Waals surface area contributed by atoms with Gasteiger partial charge in [-0.25, -0.2) is 4.98 Å². The first-order valence-corrected chi connectivity index (χ1v) is 8.38. The van der Waals surface area contributed by atoms with Crippen LogP contribution in [0.1, 0.15) is 36.6 Å². The van der Waals surface area contributed by atoms with Crippen molar-refractivity contribution in [2.45, 2.75) is 31.7 Å². The molecule has 7 heteroatoms. The van der Waals surface area contributed by atoms with E-state index in [-0.39, 0.29) is 11.9 Å². The molecule has 4 rings (SSSR count). The summed E-state index contributed by atoms with van der Waals surface area (Å²) in [5, 5.41) is 8.91. The van der Waals surface area contributed by atoms with E-state index in [0.29, 0.717) is 6.42 Å². The molecule has 0 spiro atoms. The Labute approximate surface area is 131 Å². The minimum absolute atomic E-state index is 0.150. The highest BCUT2D eigenvalue weighted by molar-refractivity contribution is 7.15. The van der Waals surface area contributed by atoms with Gasteiger partial charge in [-0.2, -0.15) is 5.10 Å². The molecule has 1 fully saturated rings. The standard InChI is InChI=1S/C15H17N5OS/c21-14(7-12-10-22-15-16-4-6-19(12)15)20-5-2-1-3-13(20)11-8-17-18-9-11/h4,6,8-10,13H,1-3,5,7H2,(H,17,18)/t13-/m1/s1. The molecule has 1 saturated heterocycles. The van der Waals surface area contributed by atoms with Crippen molar-refractivity contribution in [3.8, 4) is 0 Å².